The maximum absolute atomic E-state index is 12.0. The third-order valence-corrected chi connectivity index (χ3v) is 3.01. The molecule has 0 saturated heterocycles. The average molecular weight is 268 g/mol. The van der Waals surface area contributed by atoms with Gasteiger partial charge in [0, 0.05) is 18.5 Å². The van der Waals surface area contributed by atoms with Gasteiger partial charge < -0.3 is 9.64 Å². The number of thiazole rings is 1. The van der Waals surface area contributed by atoms with Gasteiger partial charge in [-0.25, -0.2) is 9.78 Å². The van der Waals surface area contributed by atoms with Gasteiger partial charge in [-0.1, -0.05) is 6.08 Å². The molecule has 1 aromatic heterocycles. The molecule has 0 aliphatic carbocycles. The highest BCUT2D eigenvalue weighted by Gasteiger charge is 2.19. The summed E-state index contributed by atoms with van der Waals surface area (Å²) in [7, 11) is 0. The topological polar surface area (TPSA) is 59.5 Å². The van der Waals surface area contributed by atoms with Crippen molar-refractivity contribution in [1.82, 2.24) is 9.88 Å². The summed E-state index contributed by atoms with van der Waals surface area (Å²) in [6.07, 6.45) is 1.65. The third kappa shape index (κ3) is 3.40. The van der Waals surface area contributed by atoms with Gasteiger partial charge in [0.25, 0.3) is 5.91 Å². The summed E-state index contributed by atoms with van der Waals surface area (Å²) in [5.74, 6) is -0.697. The molecule has 1 aromatic rings. The van der Waals surface area contributed by atoms with E-state index in [0.717, 1.165) is 11.3 Å². The maximum Gasteiger partial charge on any atom is 0.367 e. The smallest absolute Gasteiger partial charge is 0.367 e. The molecule has 0 fully saturated rings. The van der Waals surface area contributed by atoms with Gasteiger partial charge in [0.15, 0.2) is 0 Å². The summed E-state index contributed by atoms with van der Waals surface area (Å²) < 4.78 is 4.82. The molecule has 0 N–H and O–H groups in total. The first-order chi connectivity index (χ1) is 8.63. The molecule has 18 heavy (non-hydrogen) atoms. The predicted octanol–water partition coefficient (Wildman–Crippen LogP) is 1.97. The molecule has 5 nitrogen and oxygen atoms in total. The molecule has 0 atom stereocenters. The molecule has 0 aliphatic heterocycles. The number of rotatable bonds is 6. The molecule has 0 aliphatic rings. The number of likely N-dealkylation sites (N-methyl/N-ethyl adjacent to an activating group) is 1. The minimum Gasteiger partial charge on any atom is -0.461 e. The molecular weight excluding hydrogens is 252 g/mol. The summed E-state index contributed by atoms with van der Waals surface area (Å²) in [5, 5.41) is 1.77. The van der Waals surface area contributed by atoms with Crippen molar-refractivity contribution in [3.05, 3.63) is 28.7 Å². The molecule has 1 amide bonds. The van der Waals surface area contributed by atoms with Gasteiger partial charge >= 0.3 is 5.97 Å². The Bertz CT molecular complexity index is 442. The van der Waals surface area contributed by atoms with Crippen molar-refractivity contribution < 1.29 is 14.3 Å². The number of esters is 1. The van der Waals surface area contributed by atoms with E-state index in [4.69, 9.17) is 4.74 Å². The van der Waals surface area contributed by atoms with E-state index in [1.54, 1.807) is 23.3 Å². The molecular formula is C12H16N2O3S. The highest BCUT2D eigenvalue weighted by atomic mass is 32.1. The lowest BCUT2D eigenvalue weighted by Gasteiger charge is -2.17. The molecule has 98 valence electrons. The van der Waals surface area contributed by atoms with Gasteiger partial charge in [-0.3, -0.25) is 4.79 Å². The number of ether oxygens (including phenoxy) is 1. The number of amides is 1. The maximum atomic E-state index is 12.0. The summed E-state index contributed by atoms with van der Waals surface area (Å²) >= 11 is 1.11. The van der Waals surface area contributed by atoms with Gasteiger partial charge in [0.2, 0.25) is 5.01 Å². The molecule has 0 spiro atoms. The summed E-state index contributed by atoms with van der Waals surface area (Å²) in [6, 6.07) is 0. The zero-order valence-electron chi connectivity index (χ0n) is 10.5. The van der Waals surface area contributed by atoms with Crippen molar-refractivity contribution in [2.75, 3.05) is 19.7 Å². The van der Waals surface area contributed by atoms with E-state index in [1.165, 1.54) is 0 Å². The zero-order valence-corrected chi connectivity index (χ0v) is 11.3. The molecule has 1 rings (SSSR count). The second-order valence-electron chi connectivity index (χ2n) is 3.39. The first-order valence-corrected chi connectivity index (χ1v) is 6.54. The SMILES string of the molecule is C=CCN(CC)C(=O)c1csc(C(=O)OCC)n1. The van der Waals surface area contributed by atoms with E-state index < -0.39 is 5.97 Å². The molecule has 0 radical (unpaired) electrons. The first kappa shape index (κ1) is 14.4. The Morgan fingerprint density at radius 3 is 2.83 bits per heavy atom. The molecule has 6 heteroatoms. The van der Waals surface area contributed by atoms with Crippen LogP contribution in [0.4, 0.5) is 0 Å². The summed E-state index contributed by atoms with van der Waals surface area (Å²) in [4.78, 5) is 29.1. The van der Waals surface area contributed by atoms with Crippen molar-refractivity contribution in [3.63, 3.8) is 0 Å². The largest absolute Gasteiger partial charge is 0.461 e. The fraction of sp³-hybridized carbons (Fsp3) is 0.417. The van der Waals surface area contributed by atoms with Crippen LogP contribution in [0.3, 0.4) is 0 Å². The number of carbonyl (C=O) groups is 2. The van der Waals surface area contributed by atoms with E-state index in [2.05, 4.69) is 11.6 Å². The Balaban J connectivity index is 2.81. The highest BCUT2D eigenvalue weighted by molar-refractivity contribution is 7.11. The fourth-order valence-electron chi connectivity index (χ4n) is 1.33. The number of nitrogens with zero attached hydrogens (tertiary/aromatic N) is 2. The van der Waals surface area contributed by atoms with E-state index in [0.29, 0.717) is 19.7 Å². The second-order valence-corrected chi connectivity index (χ2v) is 4.25. The molecule has 0 bridgehead atoms. The van der Waals surface area contributed by atoms with Crippen molar-refractivity contribution in [3.8, 4) is 0 Å². The van der Waals surface area contributed by atoms with Gasteiger partial charge in [-0.15, -0.1) is 17.9 Å². The predicted molar refractivity (Wildman–Crippen MR) is 69.8 cm³/mol. The van der Waals surface area contributed by atoms with Crippen LogP contribution in [-0.4, -0.2) is 41.5 Å². The van der Waals surface area contributed by atoms with Crippen molar-refractivity contribution >= 4 is 23.2 Å². The van der Waals surface area contributed by atoms with Crippen LogP contribution in [0.15, 0.2) is 18.0 Å². The number of hydrogen-bond donors (Lipinski definition) is 0. The Hall–Kier alpha value is -1.69. The van der Waals surface area contributed by atoms with Gasteiger partial charge in [-0.2, -0.15) is 0 Å². The summed E-state index contributed by atoms with van der Waals surface area (Å²) in [6.45, 7) is 8.51. The first-order valence-electron chi connectivity index (χ1n) is 5.66. The normalized spacial score (nSPS) is 9.89. The Morgan fingerprint density at radius 2 is 2.28 bits per heavy atom. The standard InChI is InChI=1S/C12H16N2O3S/c1-4-7-14(5-2)11(15)9-8-18-10(13-9)12(16)17-6-3/h4,8H,1,5-7H2,2-3H3. The molecule has 0 unspecified atom stereocenters. The molecule has 0 saturated carbocycles. The highest BCUT2D eigenvalue weighted by Crippen LogP contribution is 2.13. The minimum absolute atomic E-state index is 0.204. The third-order valence-electron chi connectivity index (χ3n) is 2.19. The van der Waals surface area contributed by atoms with Crippen LogP contribution in [0.5, 0.6) is 0 Å². The van der Waals surface area contributed by atoms with E-state index in [-0.39, 0.29) is 16.6 Å². The average Bonchev–Trinajstić information content (AvgIpc) is 2.85. The van der Waals surface area contributed by atoms with Crippen LogP contribution in [0, 0.1) is 0 Å². The summed E-state index contributed by atoms with van der Waals surface area (Å²) in [5.41, 5.74) is 0.270. The number of aromatic nitrogens is 1. The van der Waals surface area contributed by atoms with Gasteiger partial charge in [0.1, 0.15) is 5.69 Å². The number of hydrogen-bond acceptors (Lipinski definition) is 5. The van der Waals surface area contributed by atoms with Crippen LogP contribution < -0.4 is 0 Å². The van der Waals surface area contributed by atoms with Gasteiger partial charge in [0.05, 0.1) is 6.61 Å². The molecule has 0 aromatic carbocycles. The Morgan fingerprint density at radius 1 is 1.56 bits per heavy atom. The van der Waals surface area contributed by atoms with Crippen LogP contribution in [0.2, 0.25) is 0 Å². The molecule has 1 heterocycles. The zero-order chi connectivity index (χ0) is 13.5. The lowest BCUT2D eigenvalue weighted by Crippen LogP contribution is -2.31. The van der Waals surface area contributed by atoms with Crippen molar-refractivity contribution in [2.45, 2.75) is 13.8 Å². The van der Waals surface area contributed by atoms with E-state index in [1.807, 2.05) is 6.92 Å². The van der Waals surface area contributed by atoms with Crippen LogP contribution in [0.25, 0.3) is 0 Å². The van der Waals surface area contributed by atoms with Crippen molar-refractivity contribution in [2.24, 2.45) is 0 Å². The van der Waals surface area contributed by atoms with E-state index >= 15 is 0 Å². The van der Waals surface area contributed by atoms with Crippen LogP contribution in [0.1, 0.15) is 34.1 Å². The van der Waals surface area contributed by atoms with Gasteiger partial charge in [-0.05, 0) is 13.8 Å². The minimum atomic E-state index is -0.492. The van der Waals surface area contributed by atoms with Crippen LogP contribution in [-0.2, 0) is 4.74 Å². The lowest BCUT2D eigenvalue weighted by molar-refractivity contribution is 0.0526. The van der Waals surface area contributed by atoms with Crippen molar-refractivity contribution in [1.29, 1.82) is 0 Å². The quantitative estimate of drug-likeness (QED) is 0.584. The number of carbonyl (C=O) groups excluding carboxylic acids is 2. The van der Waals surface area contributed by atoms with Crippen LogP contribution >= 0.6 is 11.3 Å². The monoisotopic (exact) mass is 268 g/mol. The Kier molecular flexibility index (Phi) is 5.51. The Labute approximate surface area is 110 Å². The fourth-order valence-corrected chi connectivity index (χ4v) is 2.01. The second kappa shape index (κ2) is 6.90. The lowest BCUT2D eigenvalue weighted by atomic mass is 10.3. The van der Waals surface area contributed by atoms with E-state index in [9.17, 15) is 9.59 Å².